The zero-order valence-corrected chi connectivity index (χ0v) is 11.7. The minimum atomic E-state index is -0.580. The summed E-state index contributed by atoms with van der Waals surface area (Å²) < 4.78 is 5.24. The van der Waals surface area contributed by atoms with E-state index in [1.54, 1.807) is 31.4 Å². The first-order valence-electron chi connectivity index (χ1n) is 5.83. The molecule has 1 atom stereocenters. The molecule has 1 heterocycles. The van der Waals surface area contributed by atoms with Gasteiger partial charge in [-0.3, -0.25) is 10.1 Å². The molecule has 104 valence electrons. The summed E-state index contributed by atoms with van der Waals surface area (Å²) in [4.78, 5) is 26.1. The predicted octanol–water partition coefficient (Wildman–Crippen LogP) is 3.28. The van der Waals surface area contributed by atoms with Crippen molar-refractivity contribution in [2.24, 2.45) is 0 Å². The van der Waals surface area contributed by atoms with Gasteiger partial charge in [-0.25, -0.2) is 9.78 Å². The number of aromatic nitrogens is 1. The Morgan fingerprint density at radius 1 is 1.50 bits per heavy atom. The quantitative estimate of drug-likeness (QED) is 0.490. The number of esters is 1. The molecule has 0 saturated heterocycles. The molecule has 0 unspecified atom stereocenters. The molecular formula is C13H12N2O4S. The molecule has 6 nitrogen and oxygen atoms in total. The van der Waals surface area contributed by atoms with Crippen LogP contribution in [0.5, 0.6) is 0 Å². The third kappa shape index (κ3) is 3.00. The van der Waals surface area contributed by atoms with E-state index in [1.165, 1.54) is 22.9 Å². The van der Waals surface area contributed by atoms with Crippen molar-refractivity contribution < 1.29 is 14.5 Å². The molecule has 0 bridgehead atoms. The van der Waals surface area contributed by atoms with E-state index in [9.17, 15) is 14.9 Å². The summed E-state index contributed by atoms with van der Waals surface area (Å²) in [5, 5.41) is 12.5. The molecule has 2 rings (SSSR count). The fourth-order valence-electron chi connectivity index (χ4n) is 1.68. The molecule has 0 radical (unpaired) electrons. The van der Waals surface area contributed by atoms with Gasteiger partial charge in [-0.2, -0.15) is 0 Å². The number of aryl methyl sites for hydroxylation is 1. The van der Waals surface area contributed by atoms with Crippen LogP contribution in [-0.2, 0) is 4.74 Å². The first-order chi connectivity index (χ1) is 9.49. The Hall–Kier alpha value is -2.28. The second kappa shape index (κ2) is 5.79. The number of carbonyl (C=O) groups excluding carboxylic acids is 1. The number of nitrogens with zero attached hydrogens (tertiary/aromatic N) is 2. The van der Waals surface area contributed by atoms with E-state index in [0.29, 0.717) is 11.1 Å². The van der Waals surface area contributed by atoms with Gasteiger partial charge >= 0.3 is 5.97 Å². The molecule has 0 aliphatic carbocycles. The van der Waals surface area contributed by atoms with Gasteiger partial charge in [0.25, 0.3) is 5.69 Å². The molecule has 0 aliphatic heterocycles. The smallest absolute Gasteiger partial charge is 0.358 e. The maximum Gasteiger partial charge on any atom is 0.358 e. The van der Waals surface area contributed by atoms with E-state index in [1.807, 2.05) is 0 Å². The van der Waals surface area contributed by atoms with Gasteiger partial charge in [-0.1, -0.05) is 12.1 Å². The fraction of sp³-hybridized carbons (Fsp3) is 0.231. The van der Waals surface area contributed by atoms with Crippen LogP contribution in [0, 0.1) is 17.0 Å². The van der Waals surface area contributed by atoms with E-state index in [0.717, 1.165) is 0 Å². The second-order valence-corrected chi connectivity index (χ2v) is 4.94. The number of nitro groups is 1. The number of benzene rings is 1. The van der Waals surface area contributed by atoms with Crippen molar-refractivity contribution in [2.75, 3.05) is 0 Å². The lowest BCUT2D eigenvalue weighted by molar-refractivity contribution is -0.385. The van der Waals surface area contributed by atoms with Crippen LogP contribution >= 0.6 is 11.3 Å². The van der Waals surface area contributed by atoms with Crippen molar-refractivity contribution in [1.29, 1.82) is 0 Å². The first kappa shape index (κ1) is 14.1. The number of nitro benzene ring substituents is 1. The highest BCUT2D eigenvalue weighted by Gasteiger charge is 2.18. The minimum Gasteiger partial charge on any atom is -0.453 e. The van der Waals surface area contributed by atoms with E-state index < -0.39 is 17.0 Å². The molecule has 2 aromatic rings. The van der Waals surface area contributed by atoms with Gasteiger partial charge < -0.3 is 4.74 Å². The lowest BCUT2D eigenvalue weighted by atomic mass is 10.1. The first-order valence-corrected chi connectivity index (χ1v) is 6.77. The summed E-state index contributed by atoms with van der Waals surface area (Å²) >= 11 is 1.30. The van der Waals surface area contributed by atoms with Crippen molar-refractivity contribution in [3.8, 4) is 0 Å². The molecule has 0 spiro atoms. The Morgan fingerprint density at radius 3 is 2.85 bits per heavy atom. The zero-order valence-electron chi connectivity index (χ0n) is 10.9. The van der Waals surface area contributed by atoms with Crippen molar-refractivity contribution in [3.63, 3.8) is 0 Å². The average molecular weight is 292 g/mol. The van der Waals surface area contributed by atoms with Crippen molar-refractivity contribution in [1.82, 2.24) is 4.98 Å². The zero-order chi connectivity index (χ0) is 14.7. The molecular weight excluding hydrogens is 280 g/mol. The standard InChI is InChI=1S/C13H12N2O4S/c1-8-3-4-10(5-12(8)15(17)18)9(2)19-13(16)11-6-20-7-14-11/h3-7,9H,1-2H3/t9-/m0/s1. The largest absolute Gasteiger partial charge is 0.453 e. The van der Waals surface area contributed by atoms with Crippen molar-refractivity contribution in [2.45, 2.75) is 20.0 Å². The molecule has 0 fully saturated rings. The van der Waals surface area contributed by atoms with Crippen LogP contribution in [0.25, 0.3) is 0 Å². The minimum absolute atomic E-state index is 0.0130. The lowest BCUT2D eigenvalue weighted by Gasteiger charge is -2.13. The molecule has 20 heavy (non-hydrogen) atoms. The highest BCUT2D eigenvalue weighted by Crippen LogP contribution is 2.25. The van der Waals surface area contributed by atoms with Crippen LogP contribution < -0.4 is 0 Å². The molecule has 0 saturated carbocycles. The monoisotopic (exact) mass is 292 g/mol. The summed E-state index contributed by atoms with van der Waals surface area (Å²) in [5.74, 6) is -0.540. The molecule has 1 aromatic carbocycles. The molecule has 7 heteroatoms. The second-order valence-electron chi connectivity index (χ2n) is 4.22. The number of ether oxygens (including phenoxy) is 1. The molecule has 0 aliphatic rings. The number of hydrogen-bond donors (Lipinski definition) is 0. The van der Waals surface area contributed by atoms with Gasteiger partial charge in [0.15, 0.2) is 5.69 Å². The fourth-order valence-corrected chi connectivity index (χ4v) is 2.20. The maximum absolute atomic E-state index is 11.8. The molecule has 1 aromatic heterocycles. The van der Waals surface area contributed by atoms with Crippen LogP contribution in [0.2, 0.25) is 0 Å². The Bertz CT molecular complexity index is 640. The van der Waals surface area contributed by atoms with Crippen LogP contribution in [0.1, 0.15) is 34.6 Å². The van der Waals surface area contributed by atoms with Gasteiger partial charge in [-0.15, -0.1) is 11.3 Å². The van der Waals surface area contributed by atoms with E-state index in [2.05, 4.69) is 4.98 Å². The Balaban J connectivity index is 2.17. The topological polar surface area (TPSA) is 82.3 Å². The van der Waals surface area contributed by atoms with Crippen LogP contribution in [0.3, 0.4) is 0 Å². The SMILES string of the molecule is Cc1ccc([C@H](C)OC(=O)c2cscn2)cc1[N+](=O)[O-]. The molecule has 0 amide bonds. The van der Waals surface area contributed by atoms with E-state index in [-0.39, 0.29) is 11.4 Å². The number of rotatable bonds is 4. The van der Waals surface area contributed by atoms with E-state index >= 15 is 0 Å². The van der Waals surface area contributed by atoms with Gasteiger partial charge in [0, 0.05) is 17.0 Å². The maximum atomic E-state index is 11.8. The normalized spacial score (nSPS) is 11.9. The summed E-state index contributed by atoms with van der Waals surface area (Å²) in [5.41, 5.74) is 2.93. The highest BCUT2D eigenvalue weighted by molar-refractivity contribution is 7.07. The molecule has 0 N–H and O–H groups in total. The summed E-state index contributed by atoms with van der Waals surface area (Å²) in [6, 6.07) is 4.77. The third-order valence-corrected chi connectivity index (χ3v) is 3.41. The van der Waals surface area contributed by atoms with Crippen molar-refractivity contribution >= 4 is 23.0 Å². The van der Waals surface area contributed by atoms with Crippen molar-refractivity contribution in [3.05, 3.63) is 56.0 Å². The van der Waals surface area contributed by atoms with Gasteiger partial charge in [0.2, 0.25) is 0 Å². The summed E-state index contributed by atoms with van der Waals surface area (Å²) in [7, 11) is 0. The number of thiazole rings is 1. The predicted molar refractivity (Wildman–Crippen MR) is 73.8 cm³/mol. The van der Waals surface area contributed by atoms with Gasteiger partial charge in [-0.05, 0) is 19.4 Å². The summed E-state index contributed by atoms with van der Waals surface area (Å²) in [6.07, 6.45) is -0.580. The number of hydrogen-bond acceptors (Lipinski definition) is 6. The summed E-state index contributed by atoms with van der Waals surface area (Å²) in [6.45, 7) is 3.33. The van der Waals surface area contributed by atoms with Gasteiger partial charge in [0.1, 0.15) is 6.10 Å². The van der Waals surface area contributed by atoms with Gasteiger partial charge in [0.05, 0.1) is 10.4 Å². The lowest BCUT2D eigenvalue weighted by Crippen LogP contribution is -2.10. The van der Waals surface area contributed by atoms with Crippen LogP contribution in [0.15, 0.2) is 29.1 Å². The Kier molecular flexibility index (Phi) is 4.09. The van der Waals surface area contributed by atoms with E-state index in [4.69, 9.17) is 4.74 Å². The Morgan fingerprint density at radius 2 is 2.25 bits per heavy atom. The van der Waals surface area contributed by atoms with Crippen LogP contribution in [0.4, 0.5) is 5.69 Å². The number of carbonyl (C=O) groups is 1. The Labute approximate surface area is 119 Å². The third-order valence-electron chi connectivity index (χ3n) is 2.82. The van der Waals surface area contributed by atoms with Crippen LogP contribution in [-0.4, -0.2) is 15.9 Å². The average Bonchev–Trinajstić information content (AvgIpc) is 2.92. The highest BCUT2D eigenvalue weighted by atomic mass is 32.1.